The van der Waals surface area contributed by atoms with E-state index in [0.29, 0.717) is 11.2 Å². The predicted octanol–water partition coefficient (Wildman–Crippen LogP) is 1.69. The van der Waals surface area contributed by atoms with Gasteiger partial charge in [0.1, 0.15) is 0 Å². The Bertz CT molecular complexity index is 745. The van der Waals surface area contributed by atoms with Crippen molar-refractivity contribution in [3.8, 4) is 0 Å². The summed E-state index contributed by atoms with van der Waals surface area (Å²) in [5.74, 6) is 3.76. The van der Waals surface area contributed by atoms with Gasteiger partial charge in [0.2, 0.25) is 11.1 Å². The molecule has 0 radical (unpaired) electrons. The molecule has 0 unspecified atom stereocenters. The molecule has 2 heterocycles. The lowest BCUT2D eigenvalue weighted by Gasteiger charge is -2.16. The summed E-state index contributed by atoms with van der Waals surface area (Å²) >= 11 is 0.827. The summed E-state index contributed by atoms with van der Waals surface area (Å²) in [4.78, 5) is 13.9. The first-order chi connectivity index (χ1) is 10.9. The van der Waals surface area contributed by atoms with Gasteiger partial charge in [0.15, 0.2) is 0 Å². The number of aromatic nitrogens is 3. The Morgan fingerprint density at radius 2 is 2.04 bits per heavy atom. The van der Waals surface area contributed by atoms with Crippen molar-refractivity contribution in [3.63, 3.8) is 0 Å². The number of hydrogen-bond donors (Lipinski definition) is 1. The number of amides is 1. The molecule has 23 heavy (non-hydrogen) atoms. The maximum absolute atomic E-state index is 12.6. The van der Waals surface area contributed by atoms with Crippen LogP contribution in [0.5, 0.6) is 0 Å². The van der Waals surface area contributed by atoms with Crippen LogP contribution >= 0.6 is 11.8 Å². The number of rotatable bonds is 3. The van der Waals surface area contributed by atoms with Crippen LogP contribution in [0.2, 0.25) is 0 Å². The third-order valence-electron chi connectivity index (χ3n) is 3.43. The fourth-order valence-electron chi connectivity index (χ4n) is 2.37. The van der Waals surface area contributed by atoms with Crippen LogP contribution < -0.4 is 10.7 Å². The lowest BCUT2D eigenvalue weighted by molar-refractivity contribution is -0.146. The third kappa shape index (κ3) is 2.98. The first kappa shape index (κ1) is 15.7. The molecule has 1 amide bonds. The van der Waals surface area contributed by atoms with Crippen LogP contribution in [0.1, 0.15) is 11.4 Å². The highest BCUT2D eigenvalue weighted by atomic mass is 32.2. The molecular formula is C13H12F3N5OS. The zero-order valence-corrected chi connectivity index (χ0v) is 12.6. The van der Waals surface area contributed by atoms with Gasteiger partial charge in [-0.2, -0.15) is 13.2 Å². The first-order valence-corrected chi connectivity index (χ1v) is 7.65. The summed E-state index contributed by atoms with van der Waals surface area (Å²) in [6.45, 7) is 0.557. The minimum atomic E-state index is -4.68. The minimum absolute atomic E-state index is 0.0679. The van der Waals surface area contributed by atoms with Gasteiger partial charge in [0.25, 0.3) is 5.82 Å². The zero-order chi connectivity index (χ0) is 16.6. The van der Waals surface area contributed by atoms with Gasteiger partial charge in [-0.15, -0.1) is 10.2 Å². The second-order valence-corrected chi connectivity index (χ2v) is 5.83. The molecule has 0 bridgehead atoms. The number of nitrogens with two attached hydrogens (primary N) is 1. The van der Waals surface area contributed by atoms with E-state index >= 15 is 0 Å². The van der Waals surface area contributed by atoms with Crippen molar-refractivity contribution < 1.29 is 18.0 Å². The molecule has 1 aliphatic rings. The Morgan fingerprint density at radius 3 is 2.74 bits per heavy atom. The summed E-state index contributed by atoms with van der Waals surface area (Å²) < 4.78 is 38.1. The average molecular weight is 343 g/mol. The highest BCUT2D eigenvalue weighted by molar-refractivity contribution is 7.99. The van der Waals surface area contributed by atoms with E-state index in [2.05, 4.69) is 10.2 Å². The first-order valence-electron chi connectivity index (χ1n) is 6.66. The summed E-state index contributed by atoms with van der Waals surface area (Å²) in [6.07, 6.45) is -3.92. The fourth-order valence-corrected chi connectivity index (χ4v) is 3.10. The van der Waals surface area contributed by atoms with Gasteiger partial charge in [0, 0.05) is 12.2 Å². The maximum atomic E-state index is 12.6. The van der Waals surface area contributed by atoms with Crippen molar-refractivity contribution in [2.75, 3.05) is 23.0 Å². The van der Waals surface area contributed by atoms with Crippen LogP contribution in [0.15, 0.2) is 29.4 Å². The number of nitrogens with zero attached hydrogens (tertiary/aromatic N) is 4. The Labute approximate surface area is 133 Å². The molecule has 2 N–H and O–H groups in total. The Balaban J connectivity index is 1.68. The number of para-hydroxylation sites is 1. The van der Waals surface area contributed by atoms with Crippen LogP contribution in [0.3, 0.4) is 0 Å². The summed E-state index contributed by atoms with van der Waals surface area (Å²) in [5, 5.41) is 6.25. The Morgan fingerprint density at radius 1 is 1.30 bits per heavy atom. The van der Waals surface area contributed by atoms with Gasteiger partial charge >= 0.3 is 6.18 Å². The van der Waals surface area contributed by atoms with Crippen molar-refractivity contribution >= 4 is 23.4 Å². The second kappa shape index (κ2) is 5.76. The SMILES string of the molecule is Nn1c(SCC(=O)N2CCc3ccccc32)nnc1C(F)(F)F. The van der Waals surface area contributed by atoms with Crippen LogP contribution in [0.4, 0.5) is 18.9 Å². The molecule has 0 aliphatic carbocycles. The van der Waals surface area contributed by atoms with Crippen LogP contribution in [0, 0.1) is 0 Å². The van der Waals surface area contributed by atoms with E-state index in [9.17, 15) is 18.0 Å². The second-order valence-electron chi connectivity index (χ2n) is 4.89. The number of fused-ring (bicyclic) bond motifs is 1. The molecule has 3 rings (SSSR count). The lowest BCUT2D eigenvalue weighted by Crippen LogP contribution is -2.30. The topological polar surface area (TPSA) is 77.0 Å². The molecule has 0 saturated carbocycles. The van der Waals surface area contributed by atoms with Gasteiger partial charge in [-0.3, -0.25) is 4.79 Å². The highest BCUT2D eigenvalue weighted by Gasteiger charge is 2.38. The number of alkyl halides is 3. The van der Waals surface area contributed by atoms with E-state index in [1.807, 2.05) is 24.3 Å². The number of halogens is 3. The van der Waals surface area contributed by atoms with Gasteiger partial charge in [-0.1, -0.05) is 30.0 Å². The quantitative estimate of drug-likeness (QED) is 0.678. The number of benzene rings is 1. The smallest absolute Gasteiger partial charge is 0.335 e. The molecular weight excluding hydrogens is 331 g/mol. The van der Waals surface area contributed by atoms with Crippen molar-refractivity contribution in [1.82, 2.24) is 14.9 Å². The zero-order valence-electron chi connectivity index (χ0n) is 11.7. The molecule has 0 spiro atoms. The van der Waals surface area contributed by atoms with E-state index in [1.165, 1.54) is 0 Å². The summed E-state index contributed by atoms with van der Waals surface area (Å²) in [5.41, 5.74) is 1.91. The molecule has 1 aromatic heterocycles. The van der Waals surface area contributed by atoms with Gasteiger partial charge in [-0.05, 0) is 18.1 Å². The lowest BCUT2D eigenvalue weighted by atomic mass is 10.2. The average Bonchev–Trinajstić information content (AvgIpc) is 3.08. The van der Waals surface area contributed by atoms with E-state index in [4.69, 9.17) is 5.84 Å². The molecule has 1 aliphatic heterocycles. The van der Waals surface area contributed by atoms with E-state index in [-0.39, 0.29) is 16.8 Å². The minimum Gasteiger partial charge on any atom is -0.335 e. The van der Waals surface area contributed by atoms with Crippen LogP contribution in [-0.2, 0) is 17.4 Å². The van der Waals surface area contributed by atoms with E-state index in [1.54, 1.807) is 4.90 Å². The van der Waals surface area contributed by atoms with Crippen molar-refractivity contribution in [2.45, 2.75) is 17.8 Å². The van der Waals surface area contributed by atoms with Crippen molar-refractivity contribution in [3.05, 3.63) is 35.7 Å². The molecule has 10 heteroatoms. The number of hydrogen-bond acceptors (Lipinski definition) is 5. The van der Waals surface area contributed by atoms with Crippen LogP contribution in [-0.4, -0.2) is 33.1 Å². The van der Waals surface area contributed by atoms with Crippen molar-refractivity contribution in [2.24, 2.45) is 0 Å². The van der Waals surface area contributed by atoms with E-state index in [0.717, 1.165) is 29.4 Å². The Kier molecular flexibility index (Phi) is 3.92. The van der Waals surface area contributed by atoms with Gasteiger partial charge in [-0.25, -0.2) is 4.68 Å². The predicted molar refractivity (Wildman–Crippen MR) is 78.4 cm³/mol. The monoisotopic (exact) mass is 343 g/mol. The third-order valence-corrected chi connectivity index (χ3v) is 4.36. The number of nitrogen functional groups attached to an aromatic ring is 1. The number of anilines is 1. The molecule has 0 atom stereocenters. The van der Waals surface area contributed by atoms with Crippen LogP contribution in [0.25, 0.3) is 0 Å². The molecule has 0 fully saturated rings. The summed E-state index contributed by atoms with van der Waals surface area (Å²) in [7, 11) is 0. The van der Waals surface area contributed by atoms with E-state index < -0.39 is 12.0 Å². The molecule has 2 aromatic rings. The highest BCUT2D eigenvalue weighted by Crippen LogP contribution is 2.30. The normalized spacial score (nSPS) is 14.1. The summed E-state index contributed by atoms with van der Waals surface area (Å²) in [6, 6.07) is 7.53. The number of thioether (sulfide) groups is 1. The molecule has 6 nitrogen and oxygen atoms in total. The fraction of sp³-hybridized carbons (Fsp3) is 0.308. The molecule has 122 valence electrons. The maximum Gasteiger partial charge on any atom is 0.453 e. The molecule has 1 aromatic carbocycles. The standard InChI is InChI=1S/C13H12F3N5OS/c14-13(15,16)11-18-19-12(21(11)17)23-7-10(22)20-6-5-8-3-1-2-4-9(8)20/h1-4H,5-7,17H2. The Hall–Kier alpha value is -2.23. The molecule has 0 saturated heterocycles. The largest absolute Gasteiger partial charge is 0.453 e. The number of carbonyl (C=O) groups is 1. The van der Waals surface area contributed by atoms with Crippen molar-refractivity contribution in [1.29, 1.82) is 0 Å². The van der Waals surface area contributed by atoms with Gasteiger partial charge in [0.05, 0.1) is 5.75 Å². The van der Waals surface area contributed by atoms with Gasteiger partial charge < -0.3 is 10.7 Å². The number of carbonyl (C=O) groups excluding carboxylic acids is 1.